The molecular formula is C19H20N2O4S. The number of primary sulfonamides is 1. The number of carbonyl (C=O) groups excluding carboxylic acids is 2. The van der Waals surface area contributed by atoms with Crippen molar-refractivity contribution in [3.63, 3.8) is 0 Å². The van der Waals surface area contributed by atoms with Crippen molar-refractivity contribution in [1.29, 1.82) is 0 Å². The Hall–Kier alpha value is -2.51. The largest absolute Gasteiger partial charge is 0.300 e. The molecule has 6 nitrogen and oxygen atoms in total. The molecule has 0 spiro atoms. The summed E-state index contributed by atoms with van der Waals surface area (Å²) < 4.78 is 23.0. The summed E-state index contributed by atoms with van der Waals surface area (Å²) in [7, 11) is -3.95. The lowest BCUT2D eigenvalue weighted by atomic mass is 9.83. The molecule has 7 heteroatoms. The SMILES string of the molecule is CC(C)(C)c1ccccc1CN1C(=O)C(=O)c2cc(S(N)(=O)=O)ccc21. The van der Waals surface area contributed by atoms with Crippen LogP contribution in [0.3, 0.4) is 0 Å². The number of nitrogens with two attached hydrogens (primary N) is 1. The quantitative estimate of drug-likeness (QED) is 0.836. The van der Waals surface area contributed by atoms with Crippen LogP contribution in [0.4, 0.5) is 5.69 Å². The third kappa shape index (κ3) is 3.15. The van der Waals surface area contributed by atoms with Gasteiger partial charge in [0.05, 0.1) is 22.7 Å². The Bertz CT molecular complexity index is 1020. The number of rotatable bonds is 3. The van der Waals surface area contributed by atoms with Gasteiger partial charge >= 0.3 is 0 Å². The third-order valence-corrected chi connectivity index (χ3v) is 5.34. The number of hydrogen-bond acceptors (Lipinski definition) is 4. The van der Waals surface area contributed by atoms with Crippen LogP contribution in [0.15, 0.2) is 47.4 Å². The Labute approximate surface area is 152 Å². The van der Waals surface area contributed by atoms with E-state index in [1.54, 1.807) is 0 Å². The molecule has 0 saturated carbocycles. The summed E-state index contributed by atoms with van der Waals surface area (Å²) in [5.74, 6) is -1.39. The van der Waals surface area contributed by atoms with Gasteiger partial charge in [0.1, 0.15) is 0 Å². The van der Waals surface area contributed by atoms with Crippen molar-refractivity contribution >= 4 is 27.4 Å². The number of carbonyl (C=O) groups is 2. The monoisotopic (exact) mass is 372 g/mol. The minimum atomic E-state index is -3.95. The molecule has 1 aliphatic heterocycles. The van der Waals surface area contributed by atoms with Crippen molar-refractivity contribution in [1.82, 2.24) is 0 Å². The Morgan fingerprint density at radius 3 is 2.31 bits per heavy atom. The molecule has 1 amide bonds. The van der Waals surface area contributed by atoms with E-state index in [9.17, 15) is 18.0 Å². The van der Waals surface area contributed by atoms with Crippen molar-refractivity contribution in [2.75, 3.05) is 4.90 Å². The number of sulfonamides is 1. The first-order valence-corrected chi connectivity index (χ1v) is 9.66. The van der Waals surface area contributed by atoms with Gasteiger partial charge in [0, 0.05) is 0 Å². The molecule has 136 valence electrons. The summed E-state index contributed by atoms with van der Waals surface area (Å²) in [6.45, 7) is 6.47. The van der Waals surface area contributed by atoms with Crippen LogP contribution in [0, 0.1) is 0 Å². The maximum atomic E-state index is 12.5. The second-order valence-corrected chi connectivity index (χ2v) is 8.91. The number of Topliss-reactive ketones (excluding diaryl/α,β-unsaturated/α-hetero) is 1. The molecule has 0 fully saturated rings. The van der Waals surface area contributed by atoms with E-state index in [0.717, 1.165) is 11.1 Å². The average molecular weight is 372 g/mol. The van der Waals surface area contributed by atoms with Gasteiger partial charge in [0.15, 0.2) is 0 Å². The first-order chi connectivity index (χ1) is 12.0. The zero-order valence-electron chi connectivity index (χ0n) is 14.8. The van der Waals surface area contributed by atoms with E-state index >= 15 is 0 Å². The van der Waals surface area contributed by atoms with Crippen LogP contribution in [0.25, 0.3) is 0 Å². The fraction of sp³-hybridized carbons (Fsp3) is 0.263. The van der Waals surface area contributed by atoms with E-state index in [1.807, 2.05) is 24.3 Å². The van der Waals surface area contributed by atoms with Crippen molar-refractivity contribution in [2.45, 2.75) is 37.6 Å². The molecule has 2 aromatic rings. The Kier molecular flexibility index (Phi) is 4.24. The molecule has 0 bridgehead atoms. The number of anilines is 1. The fourth-order valence-corrected chi connectivity index (χ4v) is 3.71. The Balaban J connectivity index is 2.05. The summed E-state index contributed by atoms with van der Waals surface area (Å²) in [5.41, 5.74) is 2.36. The lowest BCUT2D eigenvalue weighted by Gasteiger charge is -2.25. The first kappa shape index (κ1) is 18.3. The molecule has 0 atom stereocenters. The van der Waals surface area contributed by atoms with E-state index in [0.29, 0.717) is 5.69 Å². The van der Waals surface area contributed by atoms with E-state index in [1.165, 1.54) is 23.1 Å². The fourth-order valence-electron chi connectivity index (χ4n) is 3.17. The lowest BCUT2D eigenvalue weighted by Crippen LogP contribution is -2.30. The number of fused-ring (bicyclic) bond motifs is 1. The normalized spacial score (nSPS) is 14.7. The third-order valence-electron chi connectivity index (χ3n) is 4.43. The zero-order chi connectivity index (χ0) is 19.3. The summed E-state index contributed by atoms with van der Waals surface area (Å²) in [6.07, 6.45) is 0. The van der Waals surface area contributed by atoms with Gasteiger partial charge in [-0.3, -0.25) is 9.59 Å². The highest BCUT2D eigenvalue weighted by Crippen LogP contribution is 2.34. The van der Waals surface area contributed by atoms with Gasteiger partial charge in [0.2, 0.25) is 10.0 Å². The lowest BCUT2D eigenvalue weighted by molar-refractivity contribution is -0.114. The van der Waals surface area contributed by atoms with Crippen molar-refractivity contribution in [2.24, 2.45) is 5.14 Å². The Morgan fingerprint density at radius 1 is 1.04 bits per heavy atom. The van der Waals surface area contributed by atoms with Crippen LogP contribution in [-0.2, 0) is 26.8 Å². The van der Waals surface area contributed by atoms with Crippen molar-refractivity contribution in [3.05, 3.63) is 59.2 Å². The molecule has 3 rings (SSSR count). The summed E-state index contributed by atoms with van der Waals surface area (Å²) >= 11 is 0. The van der Waals surface area contributed by atoms with Gasteiger partial charge < -0.3 is 4.90 Å². The standard InChI is InChI=1S/C19H20N2O4S/c1-19(2,3)15-7-5-4-6-12(15)11-21-16-9-8-13(26(20,24)25)10-14(16)17(22)18(21)23/h4-10H,11H2,1-3H3,(H2,20,24,25). The topological polar surface area (TPSA) is 97.5 Å². The van der Waals surface area contributed by atoms with Crippen molar-refractivity contribution < 1.29 is 18.0 Å². The highest BCUT2D eigenvalue weighted by Gasteiger charge is 2.37. The van der Waals surface area contributed by atoms with Crippen LogP contribution >= 0.6 is 0 Å². The van der Waals surface area contributed by atoms with Gasteiger partial charge in [-0.15, -0.1) is 0 Å². The van der Waals surface area contributed by atoms with Crippen LogP contribution in [0.2, 0.25) is 0 Å². The molecule has 1 aliphatic rings. The smallest absolute Gasteiger partial charge is 0.299 e. The zero-order valence-corrected chi connectivity index (χ0v) is 15.6. The molecule has 0 radical (unpaired) electrons. The molecule has 1 heterocycles. The maximum absolute atomic E-state index is 12.5. The van der Waals surface area contributed by atoms with E-state index in [-0.39, 0.29) is 22.4 Å². The summed E-state index contributed by atoms with van der Waals surface area (Å²) in [4.78, 5) is 26.0. The number of hydrogen-bond donors (Lipinski definition) is 1. The molecule has 0 aliphatic carbocycles. The predicted molar refractivity (Wildman–Crippen MR) is 98.5 cm³/mol. The van der Waals surface area contributed by atoms with E-state index in [4.69, 9.17) is 5.14 Å². The first-order valence-electron chi connectivity index (χ1n) is 8.11. The molecule has 2 N–H and O–H groups in total. The molecule has 26 heavy (non-hydrogen) atoms. The van der Waals surface area contributed by atoms with Crippen LogP contribution in [0.1, 0.15) is 42.3 Å². The number of amides is 1. The number of nitrogens with zero attached hydrogens (tertiary/aromatic N) is 1. The van der Waals surface area contributed by atoms with Gasteiger partial charge in [-0.1, -0.05) is 45.0 Å². The second-order valence-electron chi connectivity index (χ2n) is 7.35. The second kappa shape index (κ2) is 6.03. The van der Waals surface area contributed by atoms with E-state index < -0.39 is 21.7 Å². The minimum absolute atomic E-state index is 0.0646. The summed E-state index contributed by atoms with van der Waals surface area (Å²) in [5, 5.41) is 5.12. The van der Waals surface area contributed by atoms with Gasteiger partial charge in [-0.2, -0.15) is 0 Å². The van der Waals surface area contributed by atoms with Crippen molar-refractivity contribution in [3.8, 4) is 0 Å². The van der Waals surface area contributed by atoms with Crippen LogP contribution in [0.5, 0.6) is 0 Å². The molecular weight excluding hydrogens is 352 g/mol. The highest BCUT2D eigenvalue weighted by atomic mass is 32.2. The minimum Gasteiger partial charge on any atom is -0.300 e. The maximum Gasteiger partial charge on any atom is 0.299 e. The molecule has 0 saturated heterocycles. The van der Waals surface area contributed by atoms with Crippen LogP contribution in [-0.4, -0.2) is 20.1 Å². The van der Waals surface area contributed by atoms with Crippen LogP contribution < -0.4 is 10.0 Å². The predicted octanol–water partition coefficient (Wildman–Crippen LogP) is 2.36. The summed E-state index contributed by atoms with van der Waals surface area (Å²) in [6, 6.07) is 11.7. The number of ketones is 1. The highest BCUT2D eigenvalue weighted by molar-refractivity contribution is 7.89. The van der Waals surface area contributed by atoms with Gasteiger partial charge in [-0.05, 0) is 34.7 Å². The molecule has 0 unspecified atom stereocenters. The Morgan fingerprint density at radius 2 is 1.69 bits per heavy atom. The average Bonchev–Trinajstić information content (AvgIpc) is 2.78. The number of benzene rings is 2. The van der Waals surface area contributed by atoms with E-state index in [2.05, 4.69) is 20.8 Å². The molecule has 0 aromatic heterocycles. The van der Waals surface area contributed by atoms with Gasteiger partial charge in [0.25, 0.3) is 11.7 Å². The van der Waals surface area contributed by atoms with Gasteiger partial charge in [-0.25, -0.2) is 13.6 Å². The molecule has 2 aromatic carbocycles.